The van der Waals surface area contributed by atoms with E-state index >= 15 is 0 Å². The van der Waals surface area contributed by atoms with Crippen LogP contribution in [0.1, 0.15) is 161 Å². The summed E-state index contributed by atoms with van der Waals surface area (Å²) in [6.45, 7) is 4.20. The third kappa shape index (κ3) is 12.5. The van der Waals surface area contributed by atoms with E-state index in [-0.39, 0.29) is 16.2 Å². The molecule has 0 aromatic heterocycles. The highest BCUT2D eigenvalue weighted by atomic mass is 127. The average Bonchev–Trinajstić information content (AvgIpc) is 0.762. The lowest BCUT2D eigenvalue weighted by atomic mass is 9.92. The molecule has 0 saturated heterocycles. The van der Waals surface area contributed by atoms with Gasteiger partial charge in [0, 0.05) is 102 Å². The smallest absolute Gasteiger partial charge is 0.278 e. The van der Waals surface area contributed by atoms with Gasteiger partial charge in [0.25, 0.3) is 36.7 Å². The molecule has 0 spiro atoms. The highest BCUT2D eigenvalue weighted by Crippen LogP contribution is 2.33. The molecule has 0 aliphatic carbocycles. The van der Waals surface area contributed by atoms with Gasteiger partial charge in [-0.2, -0.15) is 8.42 Å². The van der Waals surface area contributed by atoms with Crippen LogP contribution in [0.4, 0.5) is 0 Å². The van der Waals surface area contributed by atoms with Crippen molar-refractivity contribution in [2.24, 2.45) is 0 Å². The molecule has 1 N–H and O–H groups in total. The summed E-state index contributed by atoms with van der Waals surface area (Å²) >= 11 is 4.30. The first kappa shape index (κ1) is 25.7. The van der Waals surface area contributed by atoms with Gasteiger partial charge >= 0.3 is 0 Å². The SMILES string of the molecule is CCCCC#Cc1ccc2c3c(cccc13)C(=O)N(O)C2=O.CCCCC#Cc1ccc2c3c(cccc13)C(=O)N(OS(C)(=O)=O)C2=O.CS(=O)(=O)Cl.I[B]I.[3H][3H].[3H][3H].[3H][3H].[3H][3H].[3H][3H].[3H][3H].[3H][3H].[3H][3H].[3H][3H].[3H][3H].[3H][3H].[3H][3H].[3H][3H].[3H][3H].[3H][3H].[3H][3H].[3H][3H].[3H][3H].[3H][3H]. The Morgan fingerprint density at radius 2 is 1.07 bits per heavy atom. The topological polar surface area (TPSA) is 172 Å². The Hall–Kier alpha value is -3.57. The van der Waals surface area contributed by atoms with E-state index < -0.39 is 42.8 Å². The van der Waals surface area contributed by atoms with Gasteiger partial charge in [0.1, 0.15) is 0 Å². The van der Waals surface area contributed by atoms with Crippen LogP contribution >= 0.6 is 55.4 Å². The molecular formula is C38H73BClI2N2O10S2. The molecule has 12 nitrogen and oxygen atoms in total. The first-order valence-corrected chi connectivity index (χ1v) is 23.8. The van der Waals surface area contributed by atoms with Gasteiger partial charge in [0.15, 0.2) is 0 Å². The minimum Gasteiger partial charge on any atom is -0.278 e. The summed E-state index contributed by atoms with van der Waals surface area (Å²) in [6, 6.07) is 16.8. The fourth-order valence-electron chi connectivity index (χ4n) is 5.42. The molecule has 2 aliphatic heterocycles. The van der Waals surface area contributed by atoms with Crippen molar-refractivity contribution in [3.05, 3.63) is 94.0 Å². The molecule has 1 radical (unpaired) electrons. The Labute approximate surface area is 416 Å². The van der Waals surface area contributed by atoms with E-state index in [1.54, 1.807) is 48.5 Å². The van der Waals surface area contributed by atoms with E-state index in [1.165, 1.54) is 6.07 Å². The standard InChI is InChI=1S/C19H17NO5S.C18H15NO3.CH3ClO2S.BI2.19H2/c1-3-4-5-6-8-13-11-12-16-17-14(13)9-7-10-15(17)18(21)20(19(16)22)25-26(2,23)24;1-2-3-4-5-7-12-10-11-15-16-13(12)8-6-9-14(16)17(20)19(22)18(15)21;1-5(2,3)4;2-1-3;;;;;;;;;;;;;;;;;;;/h7,9-12H,3-5H2,1-2H3;6,8-11,22H,2-4H2,1H3;1H3;;19*1H/i;;;;19*1+2T. The van der Waals surface area contributed by atoms with Gasteiger partial charge in [-0.3, -0.25) is 24.4 Å². The number of carbonyl (C=O) groups is 4. The van der Waals surface area contributed by atoms with E-state index in [9.17, 15) is 41.2 Å². The Bertz CT molecular complexity index is 2570. The number of unbranched alkanes of at least 4 members (excludes halogenated alkanes) is 4. The van der Waals surface area contributed by atoms with Crippen molar-refractivity contribution in [2.45, 2.75) is 52.4 Å². The molecular weight excluding hydrogens is 1010 g/mol. The van der Waals surface area contributed by atoms with E-state index in [0.29, 0.717) is 32.3 Å². The fraction of sp³-hybridized carbons (Fsp3) is 0.263. The number of halogens is 3. The number of benzene rings is 4. The van der Waals surface area contributed by atoms with Crippen LogP contribution in [0.2, 0.25) is 0 Å². The fourth-order valence-corrected chi connectivity index (χ4v) is 5.83. The van der Waals surface area contributed by atoms with Crippen molar-refractivity contribution in [1.29, 1.82) is 0 Å². The highest BCUT2D eigenvalue weighted by molar-refractivity contribution is 14.3. The molecule has 0 bridgehead atoms. The summed E-state index contributed by atoms with van der Waals surface area (Å²) in [5.74, 6) is 9.42. The summed E-state index contributed by atoms with van der Waals surface area (Å²) in [4.78, 5) is 49.2. The average molecular weight is 1160 g/mol. The number of amides is 4. The van der Waals surface area contributed by atoms with Crippen molar-refractivity contribution >= 4 is 123 Å². The molecule has 2 aliphatic rings. The second-order valence-electron chi connectivity index (χ2n) is 12.0. The van der Waals surface area contributed by atoms with E-state index in [2.05, 4.69) is 97.2 Å². The van der Waals surface area contributed by atoms with E-state index in [0.717, 1.165) is 67.5 Å². The van der Waals surface area contributed by atoms with Crippen molar-refractivity contribution < 1.29 is 102 Å². The molecule has 4 aromatic carbocycles. The number of hydrogen-bond acceptors (Lipinski definition) is 10. The number of carbonyl (C=O) groups excluding carboxylic acids is 4. The molecule has 6 rings (SSSR count). The lowest BCUT2D eigenvalue weighted by molar-refractivity contribution is -0.0377. The van der Waals surface area contributed by atoms with Gasteiger partial charge in [-0.1, -0.05) is 74.6 Å². The minimum absolute atomic E-state index is 0.170. The summed E-state index contributed by atoms with van der Waals surface area (Å²) in [5, 5.41) is 12.6. The quantitative estimate of drug-likeness (QED) is 0.0372. The molecule has 331 valence electrons. The Kier molecular flexibility index (Phi) is 9.77. The van der Waals surface area contributed by atoms with Gasteiger partial charge in [-0.25, -0.2) is 8.42 Å². The second kappa shape index (κ2) is 21.3. The molecule has 56 heavy (non-hydrogen) atoms. The lowest BCUT2D eigenvalue weighted by Crippen LogP contribution is -2.41. The molecule has 4 aromatic rings. The largest absolute Gasteiger partial charge is 0.286 e. The summed E-state index contributed by atoms with van der Waals surface area (Å²) < 4.78 is 238. The number of imide groups is 2. The zero-order valence-corrected chi connectivity index (χ0v) is 37.3. The number of nitrogens with zero attached hydrogens (tertiary/aromatic N) is 2. The van der Waals surface area contributed by atoms with Crippen LogP contribution < -0.4 is 0 Å². The third-order valence-electron chi connectivity index (χ3n) is 7.72. The van der Waals surface area contributed by atoms with Crippen LogP contribution in [0, 0.1) is 23.7 Å². The van der Waals surface area contributed by atoms with Crippen molar-refractivity contribution in [3.8, 4) is 23.7 Å². The third-order valence-corrected chi connectivity index (χ3v) is 8.14. The minimum atomic E-state index is -4.02. The molecule has 0 unspecified atom stereocenters. The first-order chi connectivity index (χ1) is 45.4. The maximum Gasteiger partial charge on any atom is 0.286 e. The number of rotatable bonds is 6. The molecule has 18 heteroatoms. The van der Waals surface area contributed by atoms with E-state index in [1.807, 2.05) is 9.06 Å². The predicted octanol–water partition coefficient (Wildman–Crippen LogP) is 12.5. The predicted molar refractivity (Wildman–Crippen MR) is 274 cm³/mol. The van der Waals surface area contributed by atoms with Crippen molar-refractivity contribution in [3.63, 3.8) is 0 Å². The van der Waals surface area contributed by atoms with Crippen LogP contribution in [0.5, 0.6) is 0 Å². The van der Waals surface area contributed by atoms with Gasteiger partial charge in [0.2, 0.25) is 9.05 Å². The maximum absolute atomic E-state index is 12.6. The van der Waals surface area contributed by atoms with Crippen LogP contribution in [0.3, 0.4) is 0 Å². The number of hydrogen-bond donors (Lipinski definition) is 1. The molecule has 0 atom stereocenters. The van der Waals surface area contributed by atoms with Crippen LogP contribution in [0.25, 0.3) is 21.5 Å². The normalized spacial score (nSPS) is 15.6. The maximum atomic E-state index is 12.6. The first-order valence-electron chi connectivity index (χ1n) is 35.8. The number of hydroxylamine groups is 4. The molecule has 0 saturated carbocycles. The Morgan fingerprint density at radius 3 is 1.45 bits per heavy atom. The monoisotopic (exact) mass is 1160 g/mol. The van der Waals surface area contributed by atoms with Crippen LogP contribution in [-0.4, -0.2) is 71.3 Å². The summed E-state index contributed by atoms with van der Waals surface area (Å²) in [7, 11) is -2.72. The zero-order valence-electron chi connectivity index (χ0n) is 68.6. The van der Waals surface area contributed by atoms with Gasteiger partial charge in [-0.05, 0) is 60.0 Å². The summed E-state index contributed by atoms with van der Waals surface area (Å²) in [6.07, 6.45) is 7.49. The van der Waals surface area contributed by atoms with Crippen molar-refractivity contribution in [1.82, 2.24) is 10.1 Å². The highest BCUT2D eigenvalue weighted by Gasteiger charge is 2.37. The van der Waals surface area contributed by atoms with Crippen LogP contribution in [0.15, 0.2) is 60.7 Å². The van der Waals surface area contributed by atoms with Gasteiger partial charge < -0.3 is 0 Å². The lowest BCUT2D eigenvalue weighted by Gasteiger charge is -2.25. The van der Waals surface area contributed by atoms with E-state index in [4.69, 9.17) is 56.4 Å². The Balaban J connectivity index is -0.0000000523. The van der Waals surface area contributed by atoms with Gasteiger partial charge in [-0.15, -0.1) is 59.2 Å². The molecule has 0 fully saturated rings. The molecule has 2 heterocycles. The van der Waals surface area contributed by atoms with Gasteiger partial charge in [0.05, 0.1) is 34.8 Å². The zero-order chi connectivity index (χ0) is 79.8. The van der Waals surface area contributed by atoms with Crippen molar-refractivity contribution in [2.75, 3.05) is 12.5 Å². The Morgan fingerprint density at radius 1 is 0.714 bits per heavy atom. The summed E-state index contributed by atoms with van der Waals surface area (Å²) in [5.41, 5.74) is 2.58. The van der Waals surface area contributed by atoms with Crippen LogP contribution in [-0.2, 0) is 23.5 Å². The molecule has 4 amide bonds. The second-order valence-corrected chi connectivity index (χ2v) is 20.2.